The Morgan fingerprint density at radius 3 is 2.53 bits per heavy atom. The first-order valence-corrected chi connectivity index (χ1v) is 5.91. The van der Waals surface area contributed by atoms with Crippen LogP contribution in [0.15, 0.2) is 46.1 Å². The number of nitrogens with zero attached hydrogens (tertiary/aromatic N) is 1. The Labute approximate surface area is 98.1 Å². The van der Waals surface area contributed by atoms with Crippen LogP contribution in [-0.2, 0) is 0 Å². The highest BCUT2D eigenvalue weighted by atomic mass is 35.5. The second-order valence-electron chi connectivity index (χ2n) is 3.19. The van der Waals surface area contributed by atoms with Crippen molar-refractivity contribution in [1.82, 2.24) is 0 Å². The topological polar surface area (TPSA) is 12.4 Å². The monoisotopic (exact) mass is 235 g/mol. The molecule has 76 valence electrons. The van der Waals surface area contributed by atoms with Crippen LogP contribution in [0.1, 0.15) is 12.5 Å². The Morgan fingerprint density at radius 2 is 1.93 bits per heavy atom. The molecule has 0 unspecified atom stereocenters. The number of rotatable bonds is 2. The number of hydrogen-bond acceptors (Lipinski definition) is 2. The first kappa shape index (κ1) is 10.4. The highest BCUT2D eigenvalue weighted by molar-refractivity contribution is 7.08. The maximum atomic E-state index is 5.80. The van der Waals surface area contributed by atoms with Crippen LogP contribution in [0.2, 0.25) is 5.02 Å². The van der Waals surface area contributed by atoms with Crippen molar-refractivity contribution in [3.63, 3.8) is 0 Å². The largest absolute Gasteiger partial charge is 0.253 e. The summed E-state index contributed by atoms with van der Waals surface area (Å²) in [4.78, 5) is 4.51. The van der Waals surface area contributed by atoms with Gasteiger partial charge in [-0.3, -0.25) is 4.99 Å². The zero-order chi connectivity index (χ0) is 10.7. The van der Waals surface area contributed by atoms with Gasteiger partial charge in [-0.05, 0) is 48.0 Å². The zero-order valence-electron chi connectivity index (χ0n) is 8.27. The van der Waals surface area contributed by atoms with Gasteiger partial charge in [0.25, 0.3) is 0 Å². The summed E-state index contributed by atoms with van der Waals surface area (Å²) >= 11 is 7.48. The van der Waals surface area contributed by atoms with Crippen molar-refractivity contribution in [3.8, 4) is 0 Å². The smallest absolute Gasteiger partial charge is 0.0634 e. The summed E-state index contributed by atoms with van der Waals surface area (Å²) in [6.07, 6.45) is 0. The highest BCUT2D eigenvalue weighted by Crippen LogP contribution is 2.18. The predicted molar refractivity (Wildman–Crippen MR) is 67.6 cm³/mol. The molecule has 15 heavy (non-hydrogen) atoms. The van der Waals surface area contributed by atoms with E-state index in [0.29, 0.717) is 0 Å². The lowest BCUT2D eigenvalue weighted by atomic mass is 10.2. The molecule has 1 nitrogen and oxygen atoms in total. The summed E-state index contributed by atoms with van der Waals surface area (Å²) in [6, 6.07) is 9.60. The van der Waals surface area contributed by atoms with Gasteiger partial charge in [0.2, 0.25) is 0 Å². The minimum atomic E-state index is 0.738. The van der Waals surface area contributed by atoms with Crippen LogP contribution < -0.4 is 0 Å². The highest BCUT2D eigenvalue weighted by Gasteiger charge is 1.97. The first-order chi connectivity index (χ1) is 7.25. The van der Waals surface area contributed by atoms with E-state index in [-0.39, 0.29) is 0 Å². The summed E-state index contributed by atoms with van der Waals surface area (Å²) in [5.41, 5.74) is 3.14. The maximum Gasteiger partial charge on any atom is 0.0634 e. The Kier molecular flexibility index (Phi) is 3.19. The Hall–Kier alpha value is -1.12. The van der Waals surface area contributed by atoms with E-state index in [2.05, 4.69) is 21.8 Å². The van der Waals surface area contributed by atoms with Crippen LogP contribution in [0.3, 0.4) is 0 Å². The molecule has 0 aliphatic heterocycles. The minimum absolute atomic E-state index is 0.738. The Morgan fingerprint density at radius 1 is 1.20 bits per heavy atom. The van der Waals surface area contributed by atoms with Gasteiger partial charge in [-0.25, -0.2) is 0 Å². The molecule has 0 saturated heterocycles. The molecule has 0 aliphatic carbocycles. The molecule has 3 heteroatoms. The lowest BCUT2D eigenvalue weighted by molar-refractivity contribution is 1.49. The second kappa shape index (κ2) is 4.60. The van der Waals surface area contributed by atoms with E-state index in [1.165, 1.54) is 5.56 Å². The number of halogens is 1. The normalized spacial score (nSPS) is 11.7. The summed E-state index contributed by atoms with van der Waals surface area (Å²) in [6.45, 7) is 2.01. The molecule has 0 spiro atoms. The molecule has 0 bridgehead atoms. The zero-order valence-corrected chi connectivity index (χ0v) is 9.85. The molecule has 2 aromatic rings. The molecular formula is C12H10ClNS. The standard InChI is InChI=1S/C12H10ClNS/c1-9(10-6-7-15-8-10)14-12-4-2-11(13)3-5-12/h2-8H,1H3. The number of thiophene rings is 1. The fourth-order valence-corrected chi connectivity index (χ4v) is 2.07. The third-order valence-corrected chi connectivity index (χ3v) is 3.00. The quantitative estimate of drug-likeness (QED) is 0.678. The first-order valence-electron chi connectivity index (χ1n) is 4.59. The van der Waals surface area contributed by atoms with E-state index in [0.717, 1.165) is 16.4 Å². The predicted octanol–water partition coefficient (Wildman–Crippen LogP) is 4.54. The van der Waals surface area contributed by atoms with Crippen LogP contribution >= 0.6 is 22.9 Å². The van der Waals surface area contributed by atoms with Gasteiger partial charge in [-0.15, -0.1) is 0 Å². The molecule has 0 aliphatic rings. The number of hydrogen-bond donors (Lipinski definition) is 0. The fraction of sp³-hybridized carbons (Fsp3) is 0.0833. The average molecular weight is 236 g/mol. The van der Waals surface area contributed by atoms with Gasteiger partial charge in [-0.1, -0.05) is 11.6 Å². The van der Waals surface area contributed by atoms with Crippen molar-refractivity contribution in [1.29, 1.82) is 0 Å². The molecule has 0 saturated carbocycles. The van der Waals surface area contributed by atoms with Crippen LogP contribution in [0, 0.1) is 0 Å². The molecule has 0 radical (unpaired) electrons. The van der Waals surface area contributed by atoms with Crippen molar-refractivity contribution in [2.75, 3.05) is 0 Å². The van der Waals surface area contributed by atoms with E-state index in [9.17, 15) is 0 Å². The summed E-state index contributed by atoms with van der Waals surface area (Å²) in [7, 11) is 0. The maximum absolute atomic E-state index is 5.80. The molecule has 0 atom stereocenters. The molecular weight excluding hydrogens is 226 g/mol. The molecule has 0 fully saturated rings. The number of aliphatic imine (C=N–C) groups is 1. The molecule has 2 rings (SSSR count). The van der Waals surface area contributed by atoms with Crippen LogP contribution in [0.25, 0.3) is 0 Å². The van der Waals surface area contributed by atoms with Gasteiger partial charge < -0.3 is 0 Å². The van der Waals surface area contributed by atoms with Crippen molar-refractivity contribution in [3.05, 3.63) is 51.7 Å². The molecule has 1 heterocycles. The Balaban J connectivity index is 2.27. The third-order valence-electron chi connectivity index (χ3n) is 2.06. The van der Waals surface area contributed by atoms with Crippen LogP contribution in [0.4, 0.5) is 5.69 Å². The summed E-state index contributed by atoms with van der Waals surface area (Å²) in [5, 5.41) is 4.88. The fourth-order valence-electron chi connectivity index (χ4n) is 1.24. The van der Waals surface area contributed by atoms with Crippen molar-refractivity contribution < 1.29 is 0 Å². The van der Waals surface area contributed by atoms with E-state index in [1.54, 1.807) is 11.3 Å². The van der Waals surface area contributed by atoms with Crippen molar-refractivity contribution in [2.24, 2.45) is 4.99 Å². The molecule has 0 amide bonds. The molecule has 1 aromatic carbocycles. The van der Waals surface area contributed by atoms with E-state index < -0.39 is 0 Å². The van der Waals surface area contributed by atoms with Crippen LogP contribution in [0.5, 0.6) is 0 Å². The number of benzene rings is 1. The summed E-state index contributed by atoms with van der Waals surface area (Å²) in [5.74, 6) is 0. The SMILES string of the molecule is CC(=Nc1ccc(Cl)cc1)c1ccsc1. The van der Waals surface area contributed by atoms with Gasteiger partial charge in [0.05, 0.1) is 5.69 Å². The third kappa shape index (κ3) is 2.67. The lowest BCUT2D eigenvalue weighted by Crippen LogP contribution is -1.89. The van der Waals surface area contributed by atoms with Crippen molar-refractivity contribution >= 4 is 34.3 Å². The van der Waals surface area contributed by atoms with Gasteiger partial charge in [0.1, 0.15) is 0 Å². The molecule has 0 N–H and O–H groups in total. The van der Waals surface area contributed by atoms with Crippen molar-refractivity contribution in [2.45, 2.75) is 6.92 Å². The average Bonchev–Trinajstić information content (AvgIpc) is 2.74. The van der Waals surface area contributed by atoms with Gasteiger partial charge >= 0.3 is 0 Å². The van der Waals surface area contributed by atoms with Gasteiger partial charge in [-0.2, -0.15) is 11.3 Å². The second-order valence-corrected chi connectivity index (χ2v) is 4.40. The van der Waals surface area contributed by atoms with Gasteiger partial charge in [0, 0.05) is 16.3 Å². The van der Waals surface area contributed by atoms with Crippen LogP contribution in [-0.4, -0.2) is 5.71 Å². The minimum Gasteiger partial charge on any atom is -0.253 e. The van der Waals surface area contributed by atoms with Gasteiger partial charge in [0.15, 0.2) is 0 Å². The van der Waals surface area contributed by atoms with E-state index in [4.69, 9.17) is 11.6 Å². The lowest BCUT2D eigenvalue weighted by Gasteiger charge is -1.97. The van der Waals surface area contributed by atoms with E-state index >= 15 is 0 Å². The van der Waals surface area contributed by atoms with E-state index in [1.807, 2.05) is 31.2 Å². The molecule has 1 aromatic heterocycles. The summed E-state index contributed by atoms with van der Waals surface area (Å²) < 4.78 is 0. The Bertz CT molecular complexity index is 457.